The van der Waals surface area contributed by atoms with Gasteiger partial charge in [0.1, 0.15) is 0 Å². The number of carbonyl (C=O) groups excluding carboxylic acids is 2. The number of rotatable bonds is 7. The van der Waals surface area contributed by atoms with E-state index in [1.807, 2.05) is 0 Å². The number of hydrogen-bond acceptors (Lipinski definition) is 5. The van der Waals surface area contributed by atoms with Gasteiger partial charge in [0.25, 0.3) is 5.91 Å². The van der Waals surface area contributed by atoms with Gasteiger partial charge in [0, 0.05) is 51.6 Å². The number of nitrogens with zero attached hydrogens (tertiary/aromatic N) is 2. The summed E-state index contributed by atoms with van der Waals surface area (Å²) in [4.78, 5) is 35.5. The molecule has 1 fully saturated rings. The molecule has 0 spiro atoms. The van der Waals surface area contributed by atoms with Crippen LogP contribution in [0.5, 0.6) is 0 Å². The highest BCUT2D eigenvalue weighted by Crippen LogP contribution is 2.18. The van der Waals surface area contributed by atoms with Crippen molar-refractivity contribution in [2.45, 2.75) is 24.7 Å². The maximum absolute atomic E-state index is 12.7. The molecule has 0 aromatic heterocycles. The molecule has 0 saturated carbocycles. The molecule has 0 atom stereocenters. The monoisotopic (exact) mass is 397 g/mol. The van der Waals surface area contributed by atoms with Gasteiger partial charge in [-0.15, -0.1) is 0 Å². The van der Waals surface area contributed by atoms with Crippen LogP contribution in [0.1, 0.15) is 30.1 Å². The zero-order valence-corrected chi connectivity index (χ0v) is 15.9. The summed E-state index contributed by atoms with van der Waals surface area (Å²) < 4.78 is 26.7. The van der Waals surface area contributed by atoms with Crippen molar-refractivity contribution in [3.8, 4) is 0 Å². The van der Waals surface area contributed by atoms with Crippen LogP contribution in [-0.2, 0) is 19.6 Å². The average Bonchev–Trinajstić information content (AvgIpc) is 2.65. The van der Waals surface area contributed by atoms with Crippen molar-refractivity contribution < 1.29 is 27.9 Å². The lowest BCUT2D eigenvalue weighted by molar-refractivity contribution is -0.137. The Bertz CT molecular complexity index is 798. The number of carboxylic acid groups (broad SMARTS) is 1. The molecule has 1 aromatic carbocycles. The smallest absolute Gasteiger partial charge is 0.303 e. The molecule has 1 aliphatic heterocycles. The third kappa shape index (κ3) is 5.51. The summed E-state index contributed by atoms with van der Waals surface area (Å²) in [5.41, 5.74) is 0.297. The molecular weight excluding hydrogens is 374 g/mol. The minimum Gasteiger partial charge on any atom is -0.481 e. The molecule has 27 heavy (non-hydrogen) atoms. The fourth-order valence-corrected chi connectivity index (χ4v) is 4.14. The van der Waals surface area contributed by atoms with E-state index in [-0.39, 0.29) is 42.8 Å². The number of carboxylic acids is 1. The summed E-state index contributed by atoms with van der Waals surface area (Å²) in [6.07, 6.45) is 0.286. The van der Waals surface area contributed by atoms with Crippen LogP contribution in [-0.4, -0.2) is 73.2 Å². The van der Waals surface area contributed by atoms with E-state index >= 15 is 0 Å². The Kier molecular flexibility index (Phi) is 6.92. The maximum Gasteiger partial charge on any atom is 0.303 e. The van der Waals surface area contributed by atoms with Crippen LogP contribution in [0.3, 0.4) is 0 Å². The van der Waals surface area contributed by atoms with Crippen molar-refractivity contribution in [1.82, 2.24) is 14.5 Å². The van der Waals surface area contributed by atoms with Crippen molar-refractivity contribution in [3.63, 3.8) is 0 Å². The molecule has 9 nitrogen and oxygen atoms in total. The van der Waals surface area contributed by atoms with E-state index in [9.17, 15) is 22.8 Å². The average molecular weight is 397 g/mol. The molecule has 0 aliphatic carbocycles. The molecule has 2 rings (SSSR count). The molecule has 1 saturated heterocycles. The molecule has 10 heteroatoms. The van der Waals surface area contributed by atoms with E-state index in [1.165, 1.54) is 35.5 Å². The van der Waals surface area contributed by atoms with E-state index in [0.717, 1.165) is 0 Å². The first-order valence-electron chi connectivity index (χ1n) is 8.57. The number of benzene rings is 1. The molecule has 2 N–H and O–H groups in total. The number of aliphatic carboxylic acids is 1. The van der Waals surface area contributed by atoms with E-state index in [2.05, 4.69) is 5.32 Å². The Labute approximate surface area is 158 Å². The molecule has 0 bridgehead atoms. The molecule has 1 aromatic rings. The molecule has 0 unspecified atom stereocenters. The minimum absolute atomic E-state index is 0.0334. The topological polar surface area (TPSA) is 124 Å². The zero-order chi connectivity index (χ0) is 20.0. The van der Waals surface area contributed by atoms with Gasteiger partial charge in [-0.2, -0.15) is 4.31 Å². The first kappa shape index (κ1) is 20.8. The Balaban J connectivity index is 1.96. The molecule has 148 valence electrons. The van der Waals surface area contributed by atoms with Crippen LogP contribution in [0, 0.1) is 0 Å². The first-order chi connectivity index (χ1) is 12.7. The van der Waals surface area contributed by atoms with Crippen molar-refractivity contribution in [3.05, 3.63) is 29.8 Å². The lowest BCUT2D eigenvalue weighted by Gasteiger charge is -2.33. The normalized spacial score (nSPS) is 15.4. The predicted octanol–water partition coefficient (Wildman–Crippen LogP) is 0.134. The molecule has 2 amide bonds. The lowest BCUT2D eigenvalue weighted by Crippen LogP contribution is -2.49. The van der Waals surface area contributed by atoms with Crippen molar-refractivity contribution in [2.24, 2.45) is 0 Å². The van der Waals surface area contributed by atoms with Gasteiger partial charge in [0.2, 0.25) is 15.9 Å². The highest BCUT2D eigenvalue weighted by atomic mass is 32.2. The number of carbonyl (C=O) groups is 3. The Morgan fingerprint density at radius 3 is 2.19 bits per heavy atom. The van der Waals surface area contributed by atoms with Crippen molar-refractivity contribution in [2.75, 3.05) is 32.7 Å². The van der Waals surface area contributed by atoms with Gasteiger partial charge in [-0.05, 0) is 30.7 Å². The van der Waals surface area contributed by atoms with Crippen LogP contribution in [0.15, 0.2) is 29.2 Å². The highest BCUT2D eigenvalue weighted by Gasteiger charge is 2.29. The number of hydrogen-bond donors (Lipinski definition) is 2. The second-order valence-electron chi connectivity index (χ2n) is 6.19. The van der Waals surface area contributed by atoms with Crippen LogP contribution < -0.4 is 5.32 Å². The third-order valence-corrected chi connectivity index (χ3v) is 6.20. The summed E-state index contributed by atoms with van der Waals surface area (Å²) >= 11 is 0. The predicted molar refractivity (Wildman–Crippen MR) is 96.7 cm³/mol. The zero-order valence-electron chi connectivity index (χ0n) is 15.1. The van der Waals surface area contributed by atoms with Crippen LogP contribution >= 0.6 is 0 Å². The van der Waals surface area contributed by atoms with E-state index in [1.54, 1.807) is 4.90 Å². The first-order valence-corrected chi connectivity index (χ1v) is 10.0. The number of nitrogens with one attached hydrogen (secondary N) is 1. The van der Waals surface area contributed by atoms with Crippen molar-refractivity contribution >= 4 is 27.8 Å². The largest absolute Gasteiger partial charge is 0.481 e. The maximum atomic E-state index is 12.7. The van der Waals surface area contributed by atoms with Crippen LogP contribution in [0.2, 0.25) is 0 Å². The van der Waals surface area contributed by atoms with Gasteiger partial charge < -0.3 is 15.3 Å². The number of piperazine rings is 1. The van der Waals surface area contributed by atoms with Gasteiger partial charge in [0.15, 0.2) is 0 Å². The fraction of sp³-hybridized carbons (Fsp3) is 0.471. The van der Waals surface area contributed by atoms with E-state index < -0.39 is 16.0 Å². The van der Waals surface area contributed by atoms with Crippen molar-refractivity contribution in [1.29, 1.82) is 0 Å². The van der Waals surface area contributed by atoms with Crippen LogP contribution in [0.25, 0.3) is 0 Å². The summed E-state index contributed by atoms with van der Waals surface area (Å²) in [5.74, 6) is -1.40. The molecular formula is C17H23N3O6S. The summed E-state index contributed by atoms with van der Waals surface area (Å²) in [6.45, 7) is 2.85. The quantitative estimate of drug-likeness (QED) is 0.631. The van der Waals surface area contributed by atoms with Gasteiger partial charge in [-0.25, -0.2) is 8.42 Å². The van der Waals surface area contributed by atoms with Gasteiger partial charge in [0.05, 0.1) is 4.90 Å². The molecule has 1 heterocycles. The Morgan fingerprint density at radius 1 is 1.07 bits per heavy atom. The van der Waals surface area contributed by atoms with Gasteiger partial charge in [-0.3, -0.25) is 14.4 Å². The minimum atomic E-state index is -3.69. The van der Waals surface area contributed by atoms with Crippen LogP contribution in [0.4, 0.5) is 0 Å². The summed E-state index contributed by atoms with van der Waals surface area (Å²) in [6, 6.07) is 5.59. The summed E-state index contributed by atoms with van der Waals surface area (Å²) in [5, 5.41) is 11.2. The second-order valence-corrected chi connectivity index (χ2v) is 8.13. The van der Waals surface area contributed by atoms with E-state index in [0.29, 0.717) is 25.1 Å². The second kappa shape index (κ2) is 8.96. The van der Waals surface area contributed by atoms with Gasteiger partial charge in [-0.1, -0.05) is 0 Å². The fourth-order valence-electron chi connectivity index (χ4n) is 2.71. The lowest BCUT2D eigenvalue weighted by atomic mass is 10.2. The Hall–Kier alpha value is -2.46. The van der Waals surface area contributed by atoms with E-state index in [4.69, 9.17) is 5.11 Å². The number of sulfonamides is 1. The van der Waals surface area contributed by atoms with Gasteiger partial charge >= 0.3 is 5.97 Å². The molecule has 0 radical (unpaired) electrons. The summed E-state index contributed by atoms with van der Waals surface area (Å²) in [7, 11) is -3.69. The third-order valence-electron chi connectivity index (χ3n) is 4.29. The number of amides is 2. The SMILES string of the molecule is CC(=O)N1CCN(S(=O)(=O)c2ccc(C(=O)NCCCC(=O)O)cc2)CC1. The highest BCUT2D eigenvalue weighted by molar-refractivity contribution is 7.89. The Morgan fingerprint density at radius 2 is 1.67 bits per heavy atom. The standard InChI is InChI=1S/C17H23N3O6S/c1-13(21)19-9-11-20(12-10-19)27(25,26)15-6-4-14(5-7-15)17(24)18-8-2-3-16(22)23/h4-7H,2-3,8-12H2,1H3,(H,18,24)(H,22,23). The molecule has 1 aliphatic rings.